The van der Waals surface area contributed by atoms with Gasteiger partial charge in [-0.25, -0.2) is 17.6 Å². The SMILES string of the molecule is CCCc1cc(F)c(-c2ccc3c(F)c(OCC(F)(F)F)c(F)cc3c2)c(F)c1. The molecule has 3 aromatic rings. The van der Waals surface area contributed by atoms with E-state index in [0.29, 0.717) is 18.4 Å². The minimum Gasteiger partial charge on any atom is -0.478 e. The summed E-state index contributed by atoms with van der Waals surface area (Å²) in [6.45, 7) is 0.00773. The van der Waals surface area contributed by atoms with E-state index in [-0.39, 0.29) is 21.9 Å². The van der Waals surface area contributed by atoms with Crippen molar-refractivity contribution in [2.24, 2.45) is 0 Å². The highest BCUT2D eigenvalue weighted by molar-refractivity contribution is 5.89. The molecule has 0 aliphatic carbocycles. The largest absolute Gasteiger partial charge is 0.478 e. The first-order valence-corrected chi connectivity index (χ1v) is 8.70. The fraction of sp³-hybridized carbons (Fsp3) is 0.238. The van der Waals surface area contributed by atoms with Gasteiger partial charge in [-0.05, 0) is 47.2 Å². The van der Waals surface area contributed by atoms with Crippen LogP contribution in [0.5, 0.6) is 5.75 Å². The Hall–Kier alpha value is -2.77. The summed E-state index contributed by atoms with van der Waals surface area (Å²) < 4.78 is 98.5. The average molecular weight is 416 g/mol. The van der Waals surface area contributed by atoms with Crippen LogP contribution in [0.1, 0.15) is 18.9 Å². The van der Waals surface area contributed by atoms with E-state index < -0.39 is 41.8 Å². The molecule has 0 spiro atoms. The Morgan fingerprint density at radius 2 is 1.52 bits per heavy atom. The average Bonchev–Trinajstić information content (AvgIpc) is 2.60. The summed E-state index contributed by atoms with van der Waals surface area (Å²) in [7, 11) is 0. The molecule has 154 valence electrons. The van der Waals surface area contributed by atoms with Crippen LogP contribution in [0.3, 0.4) is 0 Å². The van der Waals surface area contributed by atoms with Gasteiger partial charge in [0.15, 0.2) is 24.0 Å². The first-order valence-electron chi connectivity index (χ1n) is 8.70. The molecule has 29 heavy (non-hydrogen) atoms. The number of benzene rings is 3. The number of aryl methyl sites for hydroxylation is 1. The van der Waals surface area contributed by atoms with E-state index in [1.807, 2.05) is 6.92 Å². The van der Waals surface area contributed by atoms with Gasteiger partial charge in [-0.15, -0.1) is 0 Å². The Morgan fingerprint density at radius 1 is 0.862 bits per heavy atom. The molecule has 0 atom stereocenters. The van der Waals surface area contributed by atoms with E-state index in [0.717, 1.165) is 18.2 Å². The summed E-state index contributed by atoms with van der Waals surface area (Å²) in [5.74, 6) is -5.48. The summed E-state index contributed by atoms with van der Waals surface area (Å²) in [5.41, 5.74) is 0.166. The van der Waals surface area contributed by atoms with Crippen LogP contribution in [-0.2, 0) is 6.42 Å². The van der Waals surface area contributed by atoms with Crippen molar-refractivity contribution in [3.05, 3.63) is 65.2 Å². The minimum atomic E-state index is -4.77. The fourth-order valence-corrected chi connectivity index (χ4v) is 3.09. The van der Waals surface area contributed by atoms with Crippen LogP contribution in [0.2, 0.25) is 0 Å². The van der Waals surface area contributed by atoms with E-state index in [1.165, 1.54) is 18.2 Å². The predicted octanol–water partition coefficient (Wildman–Crippen LogP) is 6.96. The van der Waals surface area contributed by atoms with Gasteiger partial charge in [-0.2, -0.15) is 13.2 Å². The Labute approximate surface area is 161 Å². The summed E-state index contributed by atoms with van der Waals surface area (Å²) in [6, 6.07) is 6.63. The van der Waals surface area contributed by atoms with E-state index in [9.17, 15) is 30.7 Å². The lowest BCUT2D eigenvalue weighted by molar-refractivity contribution is -0.154. The van der Waals surface area contributed by atoms with Crippen molar-refractivity contribution < 1.29 is 35.5 Å². The maximum atomic E-state index is 14.5. The fourth-order valence-electron chi connectivity index (χ4n) is 3.09. The number of halogens is 7. The minimum absolute atomic E-state index is 0.0401. The van der Waals surface area contributed by atoms with Gasteiger partial charge in [-0.1, -0.05) is 25.5 Å². The Kier molecular flexibility index (Phi) is 5.73. The molecular formula is C21H15F7O. The third-order valence-corrected chi connectivity index (χ3v) is 4.30. The monoisotopic (exact) mass is 416 g/mol. The zero-order chi connectivity index (χ0) is 21.3. The van der Waals surface area contributed by atoms with E-state index in [4.69, 9.17) is 0 Å². The lowest BCUT2D eigenvalue weighted by Gasteiger charge is -2.13. The molecule has 0 unspecified atom stereocenters. The number of hydrogen-bond acceptors (Lipinski definition) is 1. The Balaban J connectivity index is 2.06. The topological polar surface area (TPSA) is 9.23 Å². The number of hydrogen-bond donors (Lipinski definition) is 0. The molecule has 0 saturated carbocycles. The normalized spacial score (nSPS) is 11.9. The van der Waals surface area contributed by atoms with Crippen LogP contribution in [0.4, 0.5) is 30.7 Å². The number of ether oxygens (including phenoxy) is 1. The molecular weight excluding hydrogens is 401 g/mol. The van der Waals surface area contributed by atoms with Gasteiger partial charge in [0.05, 0.1) is 5.56 Å². The van der Waals surface area contributed by atoms with E-state index in [2.05, 4.69) is 4.74 Å². The summed E-state index contributed by atoms with van der Waals surface area (Å²) in [5, 5.41) is -0.316. The van der Waals surface area contributed by atoms with Gasteiger partial charge in [0, 0.05) is 5.39 Å². The van der Waals surface area contributed by atoms with Crippen LogP contribution < -0.4 is 4.74 Å². The zero-order valence-electron chi connectivity index (χ0n) is 15.1. The molecule has 0 bridgehead atoms. The molecule has 0 N–H and O–H groups in total. The number of rotatable bonds is 5. The molecule has 0 radical (unpaired) electrons. The van der Waals surface area contributed by atoms with Crippen molar-refractivity contribution in [2.45, 2.75) is 25.9 Å². The Bertz CT molecular complexity index is 1030. The molecule has 0 heterocycles. The van der Waals surface area contributed by atoms with Crippen LogP contribution in [0.15, 0.2) is 36.4 Å². The van der Waals surface area contributed by atoms with Gasteiger partial charge in [-0.3, -0.25) is 0 Å². The van der Waals surface area contributed by atoms with Crippen molar-refractivity contribution in [1.82, 2.24) is 0 Å². The second-order valence-corrected chi connectivity index (χ2v) is 6.53. The van der Waals surface area contributed by atoms with Crippen molar-refractivity contribution in [1.29, 1.82) is 0 Å². The van der Waals surface area contributed by atoms with Gasteiger partial charge in [0.25, 0.3) is 0 Å². The van der Waals surface area contributed by atoms with Crippen LogP contribution in [0.25, 0.3) is 21.9 Å². The smallest absolute Gasteiger partial charge is 0.422 e. The maximum absolute atomic E-state index is 14.5. The van der Waals surface area contributed by atoms with Gasteiger partial charge >= 0.3 is 6.18 Å². The Morgan fingerprint density at radius 3 is 2.10 bits per heavy atom. The third-order valence-electron chi connectivity index (χ3n) is 4.30. The molecule has 0 aliphatic rings. The molecule has 0 amide bonds. The van der Waals surface area contributed by atoms with Gasteiger partial charge in [0.2, 0.25) is 0 Å². The highest BCUT2D eigenvalue weighted by Gasteiger charge is 2.30. The zero-order valence-corrected chi connectivity index (χ0v) is 15.1. The third kappa shape index (κ3) is 4.46. The summed E-state index contributed by atoms with van der Waals surface area (Å²) >= 11 is 0. The molecule has 0 saturated heterocycles. The van der Waals surface area contributed by atoms with Gasteiger partial charge < -0.3 is 4.74 Å². The van der Waals surface area contributed by atoms with E-state index >= 15 is 0 Å². The predicted molar refractivity (Wildman–Crippen MR) is 94.8 cm³/mol. The highest BCUT2D eigenvalue weighted by Crippen LogP contribution is 2.35. The molecule has 3 rings (SSSR count). The molecule has 1 nitrogen and oxygen atoms in total. The van der Waals surface area contributed by atoms with Crippen molar-refractivity contribution in [3.8, 4) is 16.9 Å². The van der Waals surface area contributed by atoms with E-state index in [1.54, 1.807) is 0 Å². The maximum Gasteiger partial charge on any atom is 0.422 e. The molecule has 8 heteroatoms. The van der Waals surface area contributed by atoms with Crippen LogP contribution in [-0.4, -0.2) is 12.8 Å². The van der Waals surface area contributed by atoms with Crippen LogP contribution in [0, 0.1) is 23.3 Å². The first kappa shape index (κ1) is 21.0. The van der Waals surface area contributed by atoms with Crippen molar-refractivity contribution in [3.63, 3.8) is 0 Å². The summed E-state index contributed by atoms with van der Waals surface area (Å²) in [6.07, 6.45) is -3.58. The number of alkyl halides is 3. The van der Waals surface area contributed by atoms with Gasteiger partial charge in [0.1, 0.15) is 11.6 Å². The lowest BCUT2D eigenvalue weighted by atomic mass is 9.97. The second-order valence-electron chi connectivity index (χ2n) is 6.53. The molecule has 3 aromatic carbocycles. The quantitative estimate of drug-likeness (QED) is 0.409. The molecule has 0 aromatic heterocycles. The second kappa shape index (κ2) is 7.93. The number of fused-ring (bicyclic) bond motifs is 1. The van der Waals surface area contributed by atoms with Crippen molar-refractivity contribution in [2.75, 3.05) is 6.61 Å². The highest BCUT2D eigenvalue weighted by atomic mass is 19.4. The lowest BCUT2D eigenvalue weighted by Crippen LogP contribution is -2.20. The van der Waals surface area contributed by atoms with Crippen LogP contribution >= 0.6 is 0 Å². The molecule has 0 fully saturated rings. The molecule has 0 aliphatic heterocycles. The van der Waals surface area contributed by atoms with Crippen molar-refractivity contribution >= 4 is 10.8 Å². The standard InChI is InChI=1S/C21H15F7O/c1-2-3-11-6-15(22)18(16(23)7-11)12-4-5-14-13(8-12)9-17(24)20(19(14)25)29-10-21(26,27)28/h4-9H,2-3,10H2,1H3. The summed E-state index contributed by atoms with van der Waals surface area (Å²) in [4.78, 5) is 0. The first-order chi connectivity index (χ1) is 13.6.